The topological polar surface area (TPSA) is 61.4 Å². The van der Waals surface area contributed by atoms with Gasteiger partial charge in [0.1, 0.15) is 5.82 Å². The lowest BCUT2D eigenvalue weighted by molar-refractivity contribution is 0.227. The van der Waals surface area contributed by atoms with Crippen molar-refractivity contribution in [3.05, 3.63) is 28.8 Å². The van der Waals surface area contributed by atoms with Gasteiger partial charge in [-0.1, -0.05) is 25.4 Å². The summed E-state index contributed by atoms with van der Waals surface area (Å²) in [5.41, 5.74) is -0.280. The third-order valence-electron chi connectivity index (χ3n) is 2.81. The zero-order valence-electron chi connectivity index (χ0n) is 11.2. The molecular formula is C13H17ClF2N2O2. The molecule has 112 valence electrons. The fourth-order valence-electron chi connectivity index (χ4n) is 1.69. The molecule has 4 nitrogen and oxygen atoms in total. The number of hydrogen-bond donors (Lipinski definition) is 3. The van der Waals surface area contributed by atoms with Crippen molar-refractivity contribution >= 4 is 23.3 Å². The number of benzene rings is 1. The second kappa shape index (κ2) is 7.40. The van der Waals surface area contributed by atoms with Crippen molar-refractivity contribution < 1.29 is 18.7 Å². The minimum absolute atomic E-state index is 0.0746. The van der Waals surface area contributed by atoms with Crippen molar-refractivity contribution in [3.8, 4) is 0 Å². The Labute approximate surface area is 121 Å². The molecule has 0 fully saturated rings. The zero-order chi connectivity index (χ0) is 15.3. The number of carbonyl (C=O) groups excluding carboxylic acids is 1. The minimum atomic E-state index is -0.951. The van der Waals surface area contributed by atoms with Crippen LogP contribution in [0.5, 0.6) is 0 Å². The van der Waals surface area contributed by atoms with E-state index >= 15 is 0 Å². The molecule has 1 aromatic carbocycles. The summed E-state index contributed by atoms with van der Waals surface area (Å²) in [6, 6.07) is 0.620. The van der Waals surface area contributed by atoms with Crippen LogP contribution >= 0.6 is 11.6 Å². The second-order valence-corrected chi connectivity index (χ2v) is 5.11. The molecule has 3 N–H and O–H groups in total. The van der Waals surface area contributed by atoms with Gasteiger partial charge in [0.15, 0.2) is 5.82 Å². The fraction of sp³-hybridized carbons (Fsp3) is 0.462. The summed E-state index contributed by atoms with van der Waals surface area (Å²) in [5, 5.41) is 13.5. The monoisotopic (exact) mass is 306 g/mol. The number of hydrogen-bond acceptors (Lipinski definition) is 2. The normalized spacial score (nSPS) is 12.3. The number of carbonyl (C=O) groups is 1. The molecule has 7 heteroatoms. The van der Waals surface area contributed by atoms with E-state index in [4.69, 9.17) is 16.7 Å². The molecule has 0 aromatic heterocycles. The summed E-state index contributed by atoms with van der Waals surface area (Å²) in [6.07, 6.45) is 0.380. The number of halogens is 3. The van der Waals surface area contributed by atoms with E-state index in [1.165, 1.54) is 0 Å². The Kier molecular flexibility index (Phi) is 6.16. The summed E-state index contributed by atoms with van der Waals surface area (Å²) in [5.74, 6) is -1.67. The summed E-state index contributed by atoms with van der Waals surface area (Å²) >= 11 is 5.68. The summed E-state index contributed by atoms with van der Waals surface area (Å²) < 4.78 is 26.4. The van der Waals surface area contributed by atoms with Crippen molar-refractivity contribution in [2.24, 2.45) is 5.92 Å². The van der Waals surface area contributed by atoms with E-state index in [0.717, 1.165) is 6.07 Å². The molecule has 0 aliphatic carbocycles. The van der Waals surface area contributed by atoms with Crippen molar-refractivity contribution in [2.75, 3.05) is 11.9 Å². The van der Waals surface area contributed by atoms with Crippen LogP contribution in [0.2, 0.25) is 5.02 Å². The van der Waals surface area contributed by atoms with E-state index < -0.39 is 17.7 Å². The highest BCUT2D eigenvalue weighted by Gasteiger charge is 2.18. The Morgan fingerprint density at radius 3 is 2.55 bits per heavy atom. The van der Waals surface area contributed by atoms with Gasteiger partial charge in [-0.25, -0.2) is 13.6 Å². The third kappa shape index (κ3) is 4.61. The first-order valence-electron chi connectivity index (χ1n) is 6.18. The molecule has 0 aliphatic rings. The van der Waals surface area contributed by atoms with Crippen LogP contribution in [0.3, 0.4) is 0 Å². The van der Waals surface area contributed by atoms with Gasteiger partial charge in [-0.15, -0.1) is 0 Å². The van der Waals surface area contributed by atoms with Crippen LogP contribution in [0, 0.1) is 17.6 Å². The first-order chi connectivity index (χ1) is 9.35. The molecule has 0 bridgehead atoms. The van der Waals surface area contributed by atoms with Gasteiger partial charge in [0.2, 0.25) is 0 Å². The van der Waals surface area contributed by atoms with E-state index in [1.54, 1.807) is 0 Å². The molecule has 0 saturated carbocycles. The molecule has 20 heavy (non-hydrogen) atoms. The number of aliphatic hydroxyl groups excluding tert-OH is 1. The maximum Gasteiger partial charge on any atom is 0.319 e. The van der Waals surface area contributed by atoms with Gasteiger partial charge < -0.3 is 15.7 Å². The second-order valence-electron chi connectivity index (χ2n) is 4.71. The molecule has 1 rings (SSSR count). The van der Waals surface area contributed by atoms with Gasteiger partial charge in [0, 0.05) is 18.7 Å². The molecule has 1 atom stereocenters. The maximum atomic E-state index is 13.5. The standard InChI is InChI=1S/C13H17ClF2N2O2/c1-7(2)11(3-4-19)17-13(20)18-12-9(14)5-8(15)6-10(12)16/h5-7,11,19H,3-4H2,1-2H3,(H2,17,18,20). The first kappa shape index (κ1) is 16.7. The van der Waals surface area contributed by atoms with Crippen LogP contribution in [0.15, 0.2) is 12.1 Å². The van der Waals surface area contributed by atoms with Crippen molar-refractivity contribution in [3.63, 3.8) is 0 Å². The molecule has 0 radical (unpaired) electrons. The van der Waals surface area contributed by atoms with E-state index in [9.17, 15) is 13.6 Å². The highest BCUT2D eigenvalue weighted by molar-refractivity contribution is 6.33. The van der Waals surface area contributed by atoms with Crippen LogP contribution in [0.4, 0.5) is 19.3 Å². The van der Waals surface area contributed by atoms with E-state index in [1.807, 2.05) is 13.8 Å². The predicted octanol–water partition coefficient (Wildman–Crippen LogP) is 3.15. The van der Waals surface area contributed by atoms with Crippen molar-refractivity contribution in [1.82, 2.24) is 5.32 Å². The summed E-state index contributed by atoms with van der Waals surface area (Å²) in [7, 11) is 0. The average Bonchev–Trinajstić information content (AvgIpc) is 2.33. The number of rotatable bonds is 5. The Hall–Kier alpha value is -1.40. The number of nitrogens with one attached hydrogen (secondary N) is 2. The minimum Gasteiger partial charge on any atom is -0.396 e. The van der Waals surface area contributed by atoms with Crippen LogP contribution < -0.4 is 10.6 Å². The first-order valence-corrected chi connectivity index (χ1v) is 6.55. The quantitative estimate of drug-likeness (QED) is 0.782. The van der Waals surface area contributed by atoms with Gasteiger partial charge in [0.25, 0.3) is 0 Å². The maximum absolute atomic E-state index is 13.5. The Bertz CT molecular complexity index is 460. The van der Waals surface area contributed by atoms with Crippen LogP contribution in [-0.2, 0) is 0 Å². The Balaban J connectivity index is 2.76. The van der Waals surface area contributed by atoms with Crippen molar-refractivity contribution in [2.45, 2.75) is 26.3 Å². The van der Waals surface area contributed by atoms with Gasteiger partial charge in [-0.2, -0.15) is 0 Å². The van der Waals surface area contributed by atoms with Gasteiger partial charge >= 0.3 is 6.03 Å². The smallest absolute Gasteiger partial charge is 0.319 e. The highest BCUT2D eigenvalue weighted by Crippen LogP contribution is 2.26. The van der Waals surface area contributed by atoms with Crippen LogP contribution in [-0.4, -0.2) is 23.8 Å². The van der Waals surface area contributed by atoms with E-state index in [2.05, 4.69) is 10.6 Å². The van der Waals surface area contributed by atoms with Crippen molar-refractivity contribution in [1.29, 1.82) is 0 Å². The molecule has 0 spiro atoms. The van der Waals surface area contributed by atoms with Gasteiger partial charge in [-0.05, 0) is 18.4 Å². The van der Waals surface area contributed by atoms with Crippen LogP contribution in [0.25, 0.3) is 0 Å². The molecule has 1 unspecified atom stereocenters. The number of aliphatic hydroxyl groups is 1. The molecule has 1 aromatic rings. The highest BCUT2D eigenvalue weighted by atomic mass is 35.5. The molecule has 0 heterocycles. The summed E-state index contributed by atoms with van der Waals surface area (Å²) in [4.78, 5) is 11.8. The average molecular weight is 307 g/mol. The van der Waals surface area contributed by atoms with Gasteiger partial charge in [-0.3, -0.25) is 0 Å². The lowest BCUT2D eigenvalue weighted by Crippen LogP contribution is -2.41. The molecule has 2 amide bonds. The number of anilines is 1. The number of amides is 2. The Morgan fingerprint density at radius 2 is 2.05 bits per heavy atom. The predicted molar refractivity (Wildman–Crippen MR) is 73.9 cm³/mol. The fourth-order valence-corrected chi connectivity index (χ4v) is 1.93. The van der Waals surface area contributed by atoms with E-state index in [-0.39, 0.29) is 29.3 Å². The SMILES string of the molecule is CC(C)C(CCO)NC(=O)Nc1c(F)cc(F)cc1Cl. The largest absolute Gasteiger partial charge is 0.396 e. The summed E-state index contributed by atoms with van der Waals surface area (Å²) in [6.45, 7) is 3.69. The Morgan fingerprint density at radius 1 is 1.40 bits per heavy atom. The zero-order valence-corrected chi connectivity index (χ0v) is 12.0. The van der Waals surface area contributed by atoms with Crippen LogP contribution in [0.1, 0.15) is 20.3 Å². The molecule has 0 aliphatic heterocycles. The molecule has 0 saturated heterocycles. The third-order valence-corrected chi connectivity index (χ3v) is 3.10. The van der Waals surface area contributed by atoms with Gasteiger partial charge in [0.05, 0.1) is 10.7 Å². The lowest BCUT2D eigenvalue weighted by Gasteiger charge is -2.22. The lowest BCUT2D eigenvalue weighted by atomic mass is 10.0. The van der Waals surface area contributed by atoms with E-state index in [0.29, 0.717) is 12.5 Å². The molecular weight excluding hydrogens is 290 g/mol. The number of urea groups is 1.